The van der Waals surface area contributed by atoms with Crippen LogP contribution in [-0.4, -0.2) is 73.3 Å². The Morgan fingerprint density at radius 1 is 1.23 bits per heavy atom. The lowest BCUT2D eigenvalue weighted by atomic mass is 10.1. The molecule has 4 unspecified atom stereocenters. The Balaban J connectivity index is 2.78. The van der Waals surface area contributed by atoms with Crippen LogP contribution in [0.1, 0.15) is 19.0 Å². The molecule has 12 heteroatoms. The van der Waals surface area contributed by atoms with Gasteiger partial charge in [-0.25, -0.2) is 9.78 Å². The minimum Gasteiger partial charge on any atom is -0.481 e. The number of nitrogens with two attached hydrogens (primary N) is 1. The molecule has 26 heavy (non-hydrogen) atoms. The molecular weight excluding hydrogens is 350 g/mol. The molecule has 0 spiro atoms. The lowest BCUT2D eigenvalue weighted by molar-refractivity contribution is -0.143. The van der Waals surface area contributed by atoms with Crippen molar-refractivity contribution in [1.29, 1.82) is 0 Å². The Morgan fingerprint density at radius 2 is 1.88 bits per heavy atom. The van der Waals surface area contributed by atoms with Gasteiger partial charge in [0.25, 0.3) is 0 Å². The van der Waals surface area contributed by atoms with Crippen LogP contribution in [0.2, 0.25) is 0 Å². The summed E-state index contributed by atoms with van der Waals surface area (Å²) in [6.07, 6.45) is 0.592. The number of aromatic nitrogens is 2. The number of carbonyl (C=O) groups is 4. The predicted molar refractivity (Wildman–Crippen MR) is 85.7 cm³/mol. The monoisotopic (exact) mass is 371 g/mol. The van der Waals surface area contributed by atoms with Gasteiger partial charge in [0.05, 0.1) is 24.9 Å². The van der Waals surface area contributed by atoms with Gasteiger partial charge in [-0.3, -0.25) is 14.4 Å². The minimum absolute atomic E-state index is 0.0971. The number of nitrogens with zero attached hydrogens (tertiary/aromatic N) is 1. The summed E-state index contributed by atoms with van der Waals surface area (Å²) in [6.45, 7) is 1.21. The first-order chi connectivity index (χ1) is 12.1. The third kappa shape index (κ3) is 6.49. The normalized spacial score (nSPS) is 15.3. The van der Waals surface area contributed by atoms with Crippen molar-refractivity contribution in [3.8, 4) is 0 Å². The van der Waals surface area contributed by atoms with E-state index in [0.717, 1.165) is 0 Å². The van der Waals surface area contributed by atoms with Gasteiger partial charge in [-0.05, 0) is 6.92 Å². The number of hydrogen-bond acceptors (Lipinski definition) is 7. The van der Waals surface area contributed by atoms with Crippen molar-refractivity contribution in [2.24, 2.45) is 5.73 Å². The first-order valence-corrected chi connectivity index (χ1v) is 7.58. The van der Waals surface area contributed by atoms with E-state index in [0.29, 0.717) is 5.69 Å². The number of H-pyrrole nitrogens is 1. The molecule has 0 saturated carbocycles. The van der Waals surface area contributed by atoms with E-state index in [-0.39, 0.29) is 6.42 Å². The average molecular weight is 371 g/mol. The highest BCUT2D eigenvalue weighted by Crippen LogP contribution is 2.02. The van der Waals surface area contributed by atoms with Crippen molar-refractivity contribution in [2.75, 3.05) is 0 Å². The molecular formula is C14H21N5O7. The van der Waals surface area contributed by atoms with E-state index in [1.165, 1.54) is 19.4 Å². The summed E-state index contributed by atoms with van der Waals surface area (Å²) >= 11 is 0. The lowest BCUT2D eigenvalue weighted by Crippen LogP contribution is -2.58. The van der Waals surface area contributed by atoms with Crippen LogP contribution in [0.4, 0.5) is 0 Å². The first kappa shape index (κ1) is 21.1. The van der Waals surface area contributed by atoms with Gasteiger partial charge in [0.2, 0.25) is 11.8 Å². The van der Waals surface area contributed by atoms with E-state index in [4.69, 9.17) is 10.8 Å². The fourth-order valence-electron chi connectivity index (χ4n) is 2.02. The Hall–Kier alpha value is -2.99. The summed E-state index contributed by atoms with van der Waals surface area (Å²) in [4.78, 5) is 52.5. The SMILES string of the molecule is CC(O)C(NC(=O)C(N)CC(=O)O)C(=O)NC(Cc1cnc[nH]1)C(=O)O. The number of imidazole rings is 1. The molecule has 0 aliphatic heterocycles. The van der Waals surface area contributed by atoms with Crippen LogP contribution >= 0.6 is 0 Å². The van der Waals surface area contributed by atoms with Crippen LogP contribution < -0.4 is 16.4 Å². The van der Waals surface area contributed by atoms with Crippen LogP contribution in [0.3, 0.4) is 0 Å². The Bertz CT molecular complexity index is 646. The third-order valence-corrected chi connectivity index (χ3v) is 3.39. The van der Waals surface area contributed by atoms with Crippen LogP contribution in [0.25, 0.3) is 0 Å². The molecule has 1 rings (SSSR count). The van der Waals surface area contributed by atoms with E-state index in [9.17, 15) is 29.4 Å². The molecule has 4 atom stereocenters. The third-order valence-electron chi connectivity index (χ3n) is 3.39. The number of aliphatic hydroxyl groups excluding tert-OH is 1. The maximum absolute atomic E-state index is 12.3. The summed E-state index contributed by atoms with van der Waals surface area (Å²) in [5, 5.41) is 31.9. The van der Waals surface area contributed by atoms with Crippen LogP contribution in [-0.2, 0) is 25.6 Å². The van der Waals surface area contributed by atoms with Crippen LogP contribution in [0.15, 0.2) is 12.5 Å². The molecule has 0 fully saturated rings. The van der Waals surface area contributed by atoms with Crippen molar-refractivity contribution in [3.63, 3.8) is 0 Å². The summed E-state index contributed by atoms with van der Waals surface area (Å²) in [5.74, 6) is -4.56. The van der Waals surface area contributed by atoms with Crippen LogP contribution in [0, 0.1) is 0 Å². The van der Waals surface area contributed by atoms with Gasteiger partial charge in [-0.2, -0.15) is 0 Å². The molecule has 0 saturated heterocycles. The molecule has 1 aromatic rings. The second-order valence-corrected chi connectivity index (χ2v) is 5.61. The fraction of sp³-hybridized carbons (Fsp3) is 0.500. The molecule has 1 heterocycles. The number of carboxylic acids is 2. The molecule has 1 aromatic heterocycles. The van der Waals surface area contributed by atoms with Gasteiger partial charge in [-0.1, -0.05) is 0 Å². The second kappa shape index (κ2) is 9.48. The lowest BCUT2D eigenvalue weighted by Gasteiger charge is -2.24. The average Bonchev–Trinajstić information content (AvgIpc) is 3.03. The highest BCUT2D eigenvalue weighted by Gasteiger charge is 2.31. The highest BCUT2D eigenvalue weighted by molar-refractivity contribution is 5.93. The minimum atomic E-state index is -1.51. The van der Waals surface area contributed by atoms with E-state index in [1.807, 2.05) is 0 Å². The predicted octanol–water partition coefficient (Wildman–Crippen LogP) is -2.81. The zero-order valence-electron chi connectivity index (χ0n) is 13.9. The van der Waals surface area contributed by atoms with Crippen LogP contribution in [0.5, 0.6) is 0 Å². The molecule has 0 aromatic carbocycles. The first-order valence-electron chi connectivity index (χ1n) is 7.58. The van der Waals surface area contributed by atoms with Crippen molar-refractivity contribution in [1.82, 2.24) is 20.6 Å². The topological polar surface area (TPSA) is 208 Å². The molecule has 2 amide bonds. The second-order valence-electron chi connectivity index (χ2n) is 5.61. The number of amides is 2. The molecule has 0 radical (unpaired) electrons. The van der Waals surface area contributed by atoms with Crippen molar-refractivity contribution in [2.45, 2.75) is 44.0 Å². The maximum atomic E-state index is 12.3. The molecule has 0 aliphatic carbocycles. The van der Waals surface area contributed by atoms with Crippen molar-refractivity contribution < 1.29 is 34.5 Å². The van der Waals surface area contributed by atoms with Gasteiger partial charge in [0, 0.05) is 18.3 Å². The van der Waals surface area contributed by atoms with Gasteiger partial charge in [-0.15, -0.1) is 0 Å². The number of hydrogen-bond donors (Lipinski definition) is 7. The van der Waals surface area contributed by atoms with Gasteiger partial charge in [0.15, 0.2) is 0 Å². The molecule has 0 bridgehead atoms. The van der Waals surface area contributed by atoms with Crippen molar-refractivity contribution >= 4 is 23.8 Å². The maximum Gasteiger partial charge on any atom is 0.326 e. The van der Waals surface area contributed by atoms with Gasteiger partial charge >= 0.3 is 11.9 Å². The van der Waals surface area contributed by atoms with E-state index in [1.54, 1.807) is 0 Å². The smallest absolute Gasteiger partial charge is 0.326 e. The summed E-state index contributed by atoms with van der Waals surface area (Å²) < 4.78 is 0. The number of aromatic amines is 1. The molecule has 8 N–H and O–H groups in total. The van der Waals surface area contributed by atoms with Crippen molar-refractivity contribution in [3.05, 3.63) is 18.2 Å². The highest BCUT2D eigenvalue weighted by atomic mass is 16.4. The summed E-state index contributed by atoms with van der Waals surface area (Å²) in [5.41, 5.74) is 5.85. The van der Waals surface area contributed by atoms with E-state index >= 15 is 0 Å². The zero-order valence-corrected chi connectivity index (χ0v) is 13.9. The number of rotatable bonds is 10. The quantitative estimate of drug-likeness (QED) is 0.226. The summed E-state index contributed by atoms with van der Waals surface area (Å²) in [7, 11) is 0. The number of nitrogens with one attached hydrogen (secondary N) is 3. The number of aliphatic hydroxyl groups is 1. The Kier molecular flexibility index (Phi) is 7.68. The van der Waals surface area contributed by atoms with Gasteiger partial charge < -0.3 is 36.7 Å². The number of carboxylic acid groups (broad SMARTS) is 2. The molecule has 12 nitrogen and oxygen atoms in total. The largest absolute Gasteiger partial charge is 0.481 e. The number of carbonyl (C=O) groups excluding carboxylic acids is 2. The number of aliphatic carboxylic acids is 2. The zero-order chi connectivity index (χ0) is 19.9. The molecule has 0 aliphatic rings. The van der Waals surface area contributed by atoms with E-state index < -0.39 is 54.4 Å². The molecule has 144 valence electrons. The van der Waals surface area contributed by atoms with E-state index in [2.05, 4.69) is 20.6 Å². The Labute approximate surface area is 147 Å². The standard InChI is InChI=1S/C14H21N5O7/c1-6(20)11(19-12(23)8(15)3-10(21)22)13(24)18-9(14(25)26)2-7-4-16-5-17-7/h4-6,8-9,11,20H,2-3,15H2,1H3,(H,16,17)(H,18,24)(H,19,23)(H,21,22)(H,25,26). The Morgan fingerprint density at radius 3 is 2.35 bits per heavy atom. The summed E-state index contributed by atoms with van der Waals surface area (Å²) in [6, 6.07) is -4.28. The van der Waals surface area contributed by atoms with Gasteiger partial charge in [0.1, 0.15) is 12.1 Å². The fourth-order valence-corrected chi connectivity index (χ4v) is 2.02.